The van der Waals surface area contributed by atoms with Crippen LogP contribution in [0.4, 0.5) is 5.69 Å². The molecule has 0 bridgehead atoms. The third-order valence-electron chi connectivity index (χ3n) is 3.12. The number of nitrogens with zero attached hydrogens (tertiary/aromatic N) is 1. The van der Waals surface area contributed by atoms with Crippen LogP contribution >= 0.6 is 34.5 Å². The number of anilines is 1. The number of hydrogen-bond acceptors (Lipinski definition) is 3. The van der Waals surface area contributed by atoms with E-state index in [0.29, 0.717) is 15.7 Å². The van der Waals surface area contributed by atoms with Crippen LogP contribution in [0.25, 0.3) is 10.6 Å². The molecule has 2 aromatic carbocycles. The van der Waals surface area contributed by atoms with Crippen molar-refractivity contribution in [3.63, 3.8) is 0 Å². The minimum atomic E-state index is -0.167. The van der Waals surface area contributed by atoms with Crippen LogP contribution in [0.3, 0.4) is 0 Å². The summed E-state index contributed by atoms with van der Waals surface area (Å²) in [5, 5.41) is 6.50. The van der Waals surface area contributed by atoms with Gasteiger partial charge in [-0.15, -0.1) is 11.3 Å². The smallest absolute Gasteiger partial charge is 0.230 e. The van der Waals surface area contributed by atoms with Gasteiger partial charge in [-0.25, -0.2) is 4.98 Å². The van der Waals surface area contributed by atoms with Crippen LogP contribution < -0.4 is 5.32 Å². The van der Waals surface area contributed by atoms with Crippen molar-refractivity contribution in [1.29, 1.82) is 0 Å². The maximum atomic E-state index is 12.1. The number of rotatable bonds is 4. The quantitative estimate of drug-likeness (QED) is 0.684. The first-order chi connectivity index (χ1) is 11.1. The third kappa shape index (κ3) is 4.10. The molecule has 0 saturated carbocycles. The molecule has 0 aliphatic carbocycles. The van der Waals surface area contributed by atoms with Gasteiger partial charge in [-0.2, -0.15) is 0 Å². The van der Waals surface area contributed by atoms with Gasteiger partial charge in [-0.3, -0.25) is 4.79 Å². The Morgan fingerprint density at radius 1 is 1.13 bits per heavy atom. The molecule has 116 valence electrons. The first-order valence-electron chi connectivity index (χ1n) is 6.86. The molecule has 0 unspecified atom stereocenters. The van der Waals surface area contributed by atoms with Crippen molar-refractivity contribution in [1.82, 2.24) is 4.98 Å². The van der Waals surface area contributed by atoms with E-state index in [1.165, 1.54) is 11.3 Å². The molecule has 1 N–H and O–H groups in total. The number of benzene rings is 2. The minimum absolute atomic E-state index is 0.167. The van der Waals surface area contributed by atoms with E-state index < -0.39 is 0 Å². The molecule has 3 rings (SSSR count). The second kappa shape index (κ2) is 7.13. The summed E-state index contributed by atoms with van der Waals surface area (Å²) in [6, 6.07) is 14.8. The number of carbonyl (C=O) groups is 1. The van der Waals surface area contributed by atoms with Crippen molar-refractivity contribution in [3.05, 3.63) is 69.7 Å². The van der Waals surface area contributed by atoms with E-state index in [1.807, 2.05) is 35.7 Å². The van der Waals surface area contributed by atoms with Gasteiger partial charge in [-0.1, -0.05) is 53.5 Å². The lowest BCUT2D eigenvalue weighted by Gasteiger charge is -2.06. The average Bonchev–Trinajstić information content (AvgIpc) is 2.99. The van der Waals surface area contributed by atoms with Gasteiger partial charge in [0, 0.05) is 16.0 Å². The lowest BCUT2D eigenvalue weighted by Crippen LogP contribution is -2.14. The molecule has 0 aliphatic heterocycles. The SMILES string of the molecule is O=C(Cc1csc(-c2ccccc2)n1)Nc1ccc(Cl)cc1Cl. The van der Waals surface area contributed by atoms with Crippen molar-refractivity contribution < 1.29 is 4.79 Å². The number of thiazole rings is 1. The van der Waals surface area contributed by atoms with Gasteiger partial charge in [0.05, 0.1) is 22.8 Å². The highest BCUT2D eigenvalue weighted by Gasteiger charge is 2.11. The van der Waals surface area contributed by atoms with Gasteiger partial charge >= 0.3 is 0 Å². The highest BCUT2D eigenvalue weighted by atomic mass is 35.5. The molecular formula is C17H12Cl2N2OS. The fraction of sp³-hybridized carbons (Fsp3) is 0.0588. The molecule has 23 heavy (non-hydrogen) atoms. The van der Waals surface area contributed by atoms with Crippen molar-refractivity contribution in [2.45, 2.75) is 6.42 Å². The molecule has 6 heteroatoms. The summed E-state index contributed by atoms with van der Waals surface area (Å²) in [6.07, 6.45) is 0.197. The zero-order valence-corrected chi connectivity index (χ0v) is 14.3. The Kier molecular flexibility index (Phi) is 4.96. The molecule has 3 aromatic rings. The van der Waals surface area contributed by atoms with Crippen LogP contribution in [-0.4, -0.2) is 10.9 Å². The summed E-state index contributed by atoms with van der Waals surface area (Å²) in [4.78, 5) is 16.6. The Morgan fingerprint density at radius 2 is 1.91 bits per heavy atom. The molecule has 0 radical (unpaired) electrons. The monoisotopic (exact) mass is 362 g/mol. The van der Waals surface area contributed by atoms with E-state index in [1.54, 1.807) is 18.2 Å². The van der Waals surface area contributed by atoms with Crippen LogP contribution in [0.15, 0.2) is 53.9 Å². The molecule has 0 aliphatic rings. The van der Waals surface area contributed by atoms with Gasteiger partial charge in [0.2, 0.25) is 5.91 Å². The summed E-state index contributed by atoms with van der Waals surface area (Å²) in [7, 11) is 0. The molecule has 0 spiro atoms. The fourth-order valence-electron chi connectivity index (χ4n) is 2.05. The molecule has 3 nitrogen and oxygen atoms in total. The summed E-state index contributed by atoms with van der Waals surface area (Å²) in [6.45, 7) is 0. The lowest BCUT2D eigenvalue weighted by atomic mass is 10.2. The Hall–Kier alpha value is -1.88. The minimum Gasteiger partial charge on any atom is -0.324 e. The van der Waals surface area contributed by atoms with Crippen LogP contribution in [-0.2, 0) is 11.2 Å². The highest BCUT2D eigenvalue weighted by Crippen LogP contribution is 2.26. The Morgan fingerprint density at radius 3 is 2.65 bits per heavy atom. The van der Waals surface area contributed by atoms with Gasteiger partial charge in [-0.05, 0) is 18.2 Å². The number of nitrogens with one attached hydrogen (secondary N) is 1. The second-order valence-corrected chi connectivity index (χ2v) is 6.56. The number of halogens is 2. The molecule has 0 saturated heterocycles. The summed E-state index contributed by atoms with van der Waals surface area (Å²) in [5.74, 6) is -0.167. The maximum Gasteiger partial charge on any atom is 0.230 e. The maximum absolute atomic E-state index is 12.1. The highest BCUT2D eigenvalue weighted by molar-refractivity contribution is 7.13. The predicted octanol–water partition coefficient (Wildman–Crippen LogP) is 5.30. The van der Waals surface area contributed by atoms with E-state index in [9.17, 15) is 4.79 Å². The van der Waals surface area contributed by atoms with E-state index in [0.717, 1.165) is 16.3 Å². The number of carbonyl (C=O) groups excluding carboxylic acids is 1. The predicted molar refractivity (Wildman–Crippen MR) is 96.3 cm³/mol. The topological polar surface area (TPSA) is 42.0 Å². The lowest BCUT2D eigenvalue weighted by molar-refractivity contribution is -0.115. The zero-order valence-electron chi connectivity index (χ0n) is 11.9. The van der Waals surface area contributed by atoms with Gasteiger partial charge in [0.15, 0.2) is 0 Å². The first kappa shape index (κ1) is 16.0. The molecular weight excluding hydrogens is 351 g/mol. The van der Waals surface area contributed by atoms with E-state index in [4.69, 9.17) is 23.2 Å². The summed E-state index contributed by atoms with van der Waals surface area (Å²) < 4.78 is 0. The average molecular weight is 363 g/mol. The zero-order chi connectivity index (χ0) is 16.2. The van der Waals surface area contributed by atoms with Crippen molar-refractivity contribution in [2.75, 3.05) is 5.32 Å². The van der Waals surface area contributed by atoms with Crippen molar-refractivity contribution >= 4 is 46.1 Å². The first-order valence-corrected chi connectivity index (χ1v) is 8.50. The Labute approximate surface area is 147 Å². The van der Waals surface area contributed by atoms with Crippen molar-refractivity contribution in [2.24, 2.45) is 0 Å². The number of amides is 1. The van der Waals surface area contributed by atoms with E-state index in [-0.39, 0.29) is 12.3 Å². The van der Waals surface area contributed by atoms with Gasteiger partial charge in [0.1, 0.15) is 5.01 Å². The van der Waals surface area contributed by atoms with Crippen molar-refractivity contribution in [3.8, 4) is 10.6 Å². The van der Waals surface area contributed by atoms with Gasteiger partial charge < -0.3 is 5.32 Å². The molecule has 1 aromatic heterocycles. The number of hydrogen-bond donors (Lipinski definition) is 1. The van der Waals surface area contributed by atoms with Crippen LogP contribution in [0.5, 0.6) is 0 Å². The normalized spacial score (nSPS) is 10.5. The van der Waals surface area contributed by atoms with Crippen LogP contribution in [0, 0.1) is 0 Å². The molecule has 1 heterocycles. The Balaban J connectivity index is 1.68. The Bertz CT molecular complexity index is 834. The van der Waals surface area contributed by atoms with Crippen LogP contribution in [0.1, 0.15) is 5.69 Å². The van der Waals surface area contributed by atoms with E-state index >= 15 is 0 Å². The largest absolute Gasteiger partial charge is 0.324 e. The molecule has 0 atom stereocenters. The number of aromatic nitrogens is 1. The second-order valence-electron chi connectivity index (χ2n) is 4.86. The van der Waals surface area contributed by atoms with Crippen LogP contribution in [0.2, 0.25) is 10.0 Å². The summed E-state index contributed by atoms with van der Waals surface area (Å²) >= 11 is 13.4. The standard InChI is InChI=1S/C17H12Cl2N2OS/c18-12-6-7-15(14(19)8-12)21-16(22)9-13-10-23-17(20-13)11-4-2-1-3-5-11/h1-8,10H,9H2,(H,21,22). The van der Waals surface area contributed by atoms with Gasteiger partial charge in [0.25, 0.3) is 0 Å². The summed E-state index contributed by atoms with van der Waals surface area (Å²) in [5.41, 5.74) is 2.32. The molecule has 0 fully saturated rings. The fourth-order valence-corrected chi connectivity index (χ4v) is 3.33. The third-order valence-corrected chi connectivity index (χ3v) is 4.61. The molecule has 1 amide bonds. The van der Waals surface area contributed by atoms with E-state index in [2.05, 4.69) is 10.3 Å².